The van der Waals surface area contributed by atoms with Crippen molar-refractivity contribution in [3.05, 3.63) is 70.9 Å². The zero-order valence-corrected chi connectivity index (χ0v) is 28.5. The fourth-order valence-corrected chi connectivity index (χ4v) is 7.41. The minimum absolute atomic E-state index is 0.00921. The van der Waals surface area contributed by atoms with Gasteiger partial charge in [-0.25, -0.2) is 13.2 Å². The number of carbonyl (C=O) groups is 1. The summed E-state index contributed by atoms with van der Waals surface area (Å²) < 4.78 is 68.0. The second-order valence-corrected chi connectivity index (χ2v) is 14.9. The molecule has 1 fully saturated rings. The molecule has 1 saturated heterocycles. The smallest absolute Gasteiger partial charge is 0.390 e. The van der Waals surface area contributed by atoms with Crippen LogP contribution < -0.4 is 10.2 Å². The molecule has 262 valence electrons. The second kappa shape index (κ2) is 15.0. The first-order valence-corrected chi connectivity index (χ1v) is 18.3. The van der Waals surface area contributed by atoms with Crippen molar-refractivity contribution in [3.63, 3.8) is 0 Å². The summed E-state index contributed by atoms with van der Waals surface area (Å²) in [4.78, 5) is 16.9. The van der Waals surface area contributed by atoms with E-state index in [1.807, 2.05) is 30.9 Å². The normalized spacial score (nSPS) is 17.1. The monoisotopic (exact) mass is 690 g/mol. The summed E-state index contributed by atoms with van der Waals surface area (Å²) >= 11 is 0. The number of nitrogens with zero attached hydrogens (tertiary/aromatic N) is 5. The maximum Gasteiger partial charge on any atom is 0.416 e. The number of aliphatic hydroxyl groups excluding tert-OH is 1. The second-order valence-electron chi connectivity index (χ2n) is 13.0. The average Bonchev–Trinajstić information content (AvgIpc) is 3.42. The van der Waals surface area contributed by atoms with Crippen LogP contribution in [0, 0.1) is 6.92 Å². The number of rotatable bonds is 13. The lowest BCUT2D eigenvalue weighted by Gasteiger charge is -2.41. The van der Waals surface area contributed by atoms with E-state index in [1.54, 1.807) is 10.9 Å². The van der Waals surface area contributed by atoms with Crippen LogP contribution in [0.2, 0.25) is 0 Å². The molecule has 0 aliphatic carbocycles. The highest BCUT2D eigenvalue weighted by Crippen LogP contribution is 2.33. The summed E-state index contributed by atoms with van der Waals surface area (Å²) in [5.41, 5.74) is 3.74. The Morgan fingerprint density at radius 3 is 2.44 bits per heavy atom. The molecule has 0 bridgehead atoms. The van der Waals surface area contributed by atoms with Gasteiger partial charge >= 0.3 is 12.2 Å². The SMILES string of the molecule is CCCCCN(Cc1cn(CC(O)CN2CCC(N3C(=O)NCc4cc(C)ccc43)CC2)nc1-c1ccc(C(F)(F)F)cc1)S(C)(=O)=O. The van der Waals surface area contributed by atoms with Crippen LogP contribution in [0.4, 0.5) is 23.7 Å². The highest BCUT2D eigenvalue weighted by molar-refractivity contribution is 7.88. The number of fused-ring (bicyclic) bond motifs is 1. The number of piperidine rings is 1. The van der Waals surface area contributed by atoms with Crippen molar-refractivity contribution in [1.82, 2.24) is 24.3 Å². The van der Waals surface area contributed by atoms with Crippen LogP contribution in [-0.2, 0) is 35.8 Å². The van der Waals surface area contributed by atoms with E-state index in [1.165, 1.54) is 16.4 Å². The summed E-state index contributed by atoms with van der Waals surface area (Å²) in [5.74, 6) is 0. The van der Waals surface area contributed by atoms with Crippen LogP contribution in [0.1, 0.15) is 61.3 Å². The Morgan fingerprint density at radius 1 is 1.08 bits per heavy atom. The first-order valence-electron chi connectivity index (χ1n) is 16.5. The van der Waals surface area contributed by atoms with Gasteiger partial charge in [0, 0.05) is 62.6 Å². The molecule has 3 aromatic rings. The predicted molar refractivity (Wildman–Crippen MR) is 179 cm³/mol. The fraction of sp³-hybridized carbons (Fsp3) is 0.529. The molecule has 2 aliphatic heterocycles. The maximum absolute atomic E-state index is 13.3. The molecule has 0 spiro atoms. The van der Waals surface area contributed by atoms with Gasteiger partial charge in [-0.15, -0.1) is 0 Å². The molecule has 0 radical (unpaired) electrons. The minimum Gasteiger partial charge on any atom is -0.390 e. The van der Waals surface area contributed by atoms with Gasteiger partial charge in [0.1, 0.15) is 0 Å². The molecule has 5 rings (SSSR count). The number of hydrogen-bond acceptors (Lipinski definition) is 6. The molecule has 2 amide bonds. The van der Waals surface area contributed by atoms with Gasteiger partial charge in [0.05, 0.1) is 35.8 Å². The third-order valence-corrected chi connectivity index (χ3v) is 10.3. The number of β-amino-alcohol motifs (C(OH)–C–C–N with tert-alkyl or cyclic N) is 1. The topological polar surface area (TPSA) is 111 Å². The predicted octanol–water partition coefficient (Wildman–Crippen LogP) is 5.38. The Balaban J connectivity index is 1.27. The Hall–Kier alpha value is -3.46. The third-order valence-electron chi connectivity index (χ3n) is 9.08. The Labute approximate surface area is 280 Å². The number of halogens is 3. The number of unbranched alkanes of at least 4 members (excludes halogenated alkanes) is 2. The number of aliphatic hydroxyl groups is 1. The maximum atomic E-state index is 13.3. The molecule has 48 heavy (non-hydrogen) atoms. The van der Waals surface area contributed by atoms with Gasteiger partial charge < -0.3 is 15.3 Å². The third kappa shape index (κ3) is 8.76. The zero-order chi connectivity index (χ0) is 34.6. The standard InChI is InChI=1S/C34H45F3N6O4S/c1-4-5-6-15-42(48(3,46)47)21-27-20-41(39-32(27)25-8-10-28(11-9-25)34(35,36)37)23-30(44)22-40-16-13-29(14-17-40)43-31-12-7-24(2)18-26(31)19-38-33(43)45/h7-12,18,20,29-30,44H,4-6,13-17,19,21-23H2,1-3H3,(H,38,45). The van der Waals surface area contributed by atoms with Crippen molar-refractivity contribution in [2.45, 2.75) is 83.9 Å². The zero-order valence-electron chi connectivity index (χ0n) is 27.7. The summed E-state index contributed by atoms with van der Waals surface area (Å²) in [6.07, 6.45) is 1.47. The number of carbonyl (C=O) groups excluding carboxylic acids is 1. The van der Waals surface area contributed by atoms with E-state index < -0.39 is 27.9 Å². The van der Waals surface area contributed by atoms with E-state index in [4.69, 9.17) is 0 Å². The summed E-state index contributed by atoms with van der Waals surface area (Å²) in [7, 11) is -3.57. The molecular weight excluding hydrogens is 645 g/mol. The van der Waals surface area contributed by atoms with Crippen molar-refractivity contribution in [3.8, 4) is 11.3 Å². The first kappa shape index (κ1) is 35.8. The Bertz CT molecular complexity index is 1670. The van der Waals surface area contributed by atoms with Gasteiger partial charge in [-0.2, -0.15) is 22.6 Å². The van der Waals surface area contributed by atoms with Gasteiger partial charge in [-0.1, -0.05) is 49.6 Å². The highest BCUT2D eigenvalue weighted by atomic mass is 32.2. The lowest BCUT2D eigenvalue weighted by molar-refractivity contribution is -0.137. The van der Waals surface area contributed by atoms with E-state index in [0.29, 0.717) is 56.0 Å². The largest absolute Gasteiger partial charge is 0.416 e. The van der Waals surface area contributed by atoms with Crippen molar-refractivity contribution in [2.75, 3.05) is 37.3 Å². The Kier molecular flexibility index (Phi) is 11.2. The lowest BCUT2D eigenvalue weighted by Crippen LogP contribution is -2.54. The number of nitrogens with one attached hydrogen (secondary N) is 1. The molecule has 2 aliphatic rings. The molecule has 2 aromatic carbocycles. The summed E-state index contributed by atoms with van der Waals surface area (Å²) in [6, 6.07) is 10.7. The molecule has 14 heteroatoms. The van der Waals surface area contributed by atoms with Gasteiger partial charge in [-0.05, 0) is 49.9 Å². The Morgan fingerprint density at radius 2 is 1.79 bits per heavy atom. The summed E-state index contributed by atoms with van der Waals surface area (Å²) in [5, 5.41) is 18.7. The number of aromatic nitrogens is 2. The highest BCUT2D eigenvalue weighted by Gasteiger charge is 2.34. The average molecular weight is 691 g/mol. The van der Waals surface area contributed by atoms with Gasteiger partial charge in [0.15, 0.2) is 0 Å². The quantitative estimate of drug-likeness (QED) is 0.233. The van der Waals surface area contributed by atoms with Crippen LogP contribution in [0.15, 0.2) is 48.7 Å². The number of alkyl halides is 3. The number of sulfonamides is 1. The first-order chi connectivity index (χ1) is 22.7. The van der Waals surface area contributed by atoms with Crippen molar-refractivity contribution in [2.24, 2.45) is 0 Å². The number of aryl methyl sites for hydroxylation is 1. The van der Waals surface area contributed by atoms with Crippen LogP contribution in [0.3, 0.4) is 0 Å². The minimum atomic E-state index is -4.49. The number of urea groups is 1. The molecule has 2 N–H and O–H groups in total. The number of amides is 2. The number of likely N-dealkylation sites (tertiary alicyclic amines) is 1. The van der Waals surface area contributed by atoms with E-state index in [2.05, 4.69) is 21.4 Å². The van der Waals surface area contributed by atoms with Crippen LogP contribution in [0.25, 0.3) is 11.3 Å². The molecular formula is C34H45F3N6O4S. The molecule has 3 heterocycles. The van der Waals surface area contributed by atoms with Gasteiger partial charge in [-0.3, -0.25) is 9.58 Å². The van der Waals surface area contributed by atoms with Crippen LogP contribution in [0.5, 0.6) is 0 Å². The van der Waals surface area contributed by atoms with Gasteiger partial charge in [0.2, 0.25) is 10.0 Å². The van der Waals surface area contributed by atoms with Crippen LogP contribution >= 0.6 is 0 Å². The molecule has 10 nitrogen and oxygen atoms in total. The molecule has 0 saturated carbocycles. The van der Waals surface area contributed by atoms with E-state index in [0.717, 1.165) is 60.9 Å². The number of anilines is 1. The van der Waals surface area contributed by atoms with E-state index >= 15 is 0 Å². The molecule has 1 unspecified atom stereocenters. The fourth-order valence-electron chi connectivity index (χ4n) is 6.57. The van der Waals surface area contributed by atoms with E-state index in [-0.39, 0.29) is 25.2 Å². The van der Waals surface area contributed by atoms with Crippen molar-refractivity contribution in [1.29, 1.82) is 0 Å². The summed E-state index contributed by atoms with van der Waals surface area (Å²) in [6.45, 7) is 6.75. The number of hydrogen-bond donors (Lipinski definition) is 2. The molecule has 1 atom stereocenters. The van der Waals surface area contributed by atoms with Crippen LogP contribution in [-0.4, -0.2) is 83.1 Å². The van der Waals surface area contributed by atoms with Crippen molar-refractivity contribution < 1.29 is 31.5 Å². The van der Waals surface area contributed by atoms with Crippen molar-refractivity contribution >= 4 is 21.7 Å². The molecule has 1 aromatic heterocycles. The lowest BCUT2D eigenvalue weighted by atomic mass is 9.99. The van der Waals surface area contributed by atoms with E-state index in [9.17, 15) is 31.5 Å². The van der Waals surface area contributed by atoms with Gasteiger partial charge in [0.25, 0.3) is 0 Å². The number of benzene rings is 2.